The number of carbonyl (C=O) groups is 2. The van der Waals surface area contributed by atoms with Crippen molar-refractivity contribution in [3.63, 3.8) is 0 Å². The zero-order chi connectivity index (χ0) is 27.2. The number of nitrogens with one attached hydrogen (secondary N) is 1. The van der Waals surface area contributed by atoms with Gasteiger partial charge in [0, 0.05) is 37.4 Å². The predicted octanol–water partition coefficient (Wildman–Crippen LogP) is 3.07. The molecule has 11 heteroatoms. The van der Waals surface area contributed by atoms with Crippen molar-refractivity contribution in [2.24, 2.45) is 4.99 Å². The summed E-state index contributed by atoms with van der Waals surface area (Å²) in [6.45, 7) is 9.94. The molecule has 0 aliphatic carbocycles. The third-order valence-corrected chi connectivity index (χ3v) is 7.38. The highest BCUT2D eigenvalue weighted by Crippen LogP contribution is 2.47. The molecule has 38 heavy (non-hydrogen) atoms. The molecule has 0 bridgehead atoms. The Kier molecular flexibility index (Phi) is 9.35. The maximum Gasteiger partial charge on any atom is 0.338 e. The summed E-state index contributed by atoms with van der Waals surface area (Å²) in [7, 11) is 3.18. The zero-order valence-electron chi connectivity index (χ0n) is 22.6. The highest BCUT2D eigenvalue weighted by molar-refractivity contribution is 8.16. The van der Waals surface area contributed by atoms with Gasteiger partial charge >= 0.3 is 5.97 Å². The third kappa shape index (κ3) is 6.33. The van der Waals surface area contributed by atoms with Gasteiger partial charge in [-0.2, -0.15) is 0 Å². The molecular weight excluding hydrogens is 508 g/mol. The smallest absolute Gasteiger partial charge is 0.338 e. The Balaban J connectivity index is 1.61. The number of ether oxygens (including phenoxy) is 4. The Morgan fingerprint density at radius 2 is 1.97 bits per heavy atom. The van der Waals surface area contributed by atoms with Crippen LogP contribution >= 0.6 is 11.8 Å². The molecule has 1 atom stereocenters. The molecule has 1 aromatic rings. The Labute approximate surface area is 228 Å². The molecule has 0 unspecified atom stereocenters. The van der Waals surface area contributed by atoms with Gasteiger partial charge in [0.25, 0.3) is 0 Å². The van der Waals surface area contributed by atoms with Crippen LogP contribution in [-0.4, -0.2) is 86.6 Å². The number of thioether (sulfide) groups is 1. The molecule has 4 rings (SSSR count). The number of methoxy groups -OCH3 is 2. The summed E-state index contributed by atoms with van der Waals surface area (Å²) in [5.74, 6) is 0.657. The number of aliphatic imine (C=N–C) groups is 1. The second-order valence-corrected chi connectivity index (χ2v) is 10.3. The van der Waals surface area contributed by atoms with Crippen LogP contribution in [0, 0.1) is 0 Å². The normalized spacial score (nSPS) is 19.6. The van der Waals surface area contributed by atoms with Gasteiger partial charge in [-0.3, -0.25) is 9.69 Å². The van der Waals surface area contributed by atoms with E-state index in [1.807, 2.05) is 36.3 Å². The van der Waals surface area contributed by atoms with Crippen LogP contribution in [0.25, 0.3) is 0 Å². The van der Waals surface area contributed by atoms with Crippen LogP contribution in [0.5, 0.6) is 11.5 Å². The van der Waals surface area contributed by atoms with Gasteiger partial charge in [0.1, 0.15) is 11.5 Å². The highest BCUT2D eigenvalue weighted by Gasteiger charge is 2.42. The SMILES string of the molecule is COc1ccc(OC)c([C@H]2C(C(=O)OC(C)C)=C(C)N=C3SC=C(CC(=O)NCCN4CCOCC4)N32)c1. The molecule has 1 aromatic carbocycles. The van der Waals surface area contributed by atoms with Gasteiger partial charge in [-0.25, -0.2) is 9.79 Å². The van der Waals surface area contributed by atoms with E-state index < -0.39 is 12.0 Å². The molecule has 1 saturated heterocycles. The lowest BCUT2D eigenvalue weighted by Gasteiger charge is -2.37. The van der Waals surface area contributed by atoms with E-state index in [1.165, 1.54) is 11.8 Å². The number of fused-ring (bicyclic) bond motifs is 1. The highest BCUT2D eigenvalue weighted by atomic mass is 32.2. The second-order valence-electron chi connectivity index (χ2n) is 9.44. The van der Waals surface area contributed by atoms with Crippen molar-refractivity contribution in [2.75, 3.05) is 53.6 Å². The summed E-state index contributed by atoms with van der Waals surface area (Å²) in [5, 5.41) is 5.64. The first-order valence-corrected chi connectivity index (χ1v) is 13.6. The Hall–Kier alpha value is -3.02. The van der Waals surface area contributed by atoms with Gasteiger partial charge in [-0.15, -0.1) is 0 Å². The molecule has 1 N–H and O–H groups in total. The zero-order valence-corrected chi connectivity index (χ0v) is 23.4. The number of rotatable bonds is 10. The second kappa shape index (κ2) is 12.7. The number of allylic oxidation sites excluding steroid dienone is 1. The van der Waals surface area contributed by atoms with Crippen molar-refractivity contribution < 1.29 is 28.5 Å². The first kappa shape index (κ1) is 28.0. The van der Waals surface area contributed by atoms with E-state index in [-0.39, 0.29) is 18.4 Å². The van der Waals surface area contributed by atoms with Gasteiger partial charge in [-0.1, -0.05) is 11.8 Å². The monoisotopic (exact) mass is 544 g/mol. The molecule has 0 saturated carbocycles. The fraction of sp³-hybridized carbons (Fsp3) is 0.519. The maximum absolute atomic E-state index is 13.4. The van der Waals surface area contributed by atoms with Crippen molar-refractivity contribution in [1.82, 2.24) is 15.1 Å². The fourth-order valence-electron chi connectivity index (χ4n) is 4.66. The minimum absolute atomic E-state index is 0.0969. The molecular formula is C27H36N4O6S. The quantitative estimate of drug-likeness (QED) is 0.445. The molecule has 0 radical (unpaired) electrons. The average Bonchev–Trinajstić information content (AvgIpc) is 3.29. The molecule has 10 nitrogen and oxygen atoms in total. The number of amides is 1. The number of nitrogens with zero attached hydrogens (tertiary/aromatic N) is 3. The molecule has 1 fully saturated rings. The van der Waals surface area contributed by atoms with Crippen molar-refractivity contribution in [3.8, 4) is 11.5 Å². The standard InChI is InChI=1S/C27H36N4O6S/c1-17(2)37-26(33)24-18(3)29-27-31(25(24)21-15-20(34-4)6-7-22(21)35-5)19(16-38-27)14-23(32)28-8-9-30-10-12-36-13-11-30/h6-7,15-17,25H,8-14H2,1-5H3,(H,28,32)/t25-/m0/s1. The minimum atomic E-state index is -0.610. The van der Waals surface area contributed by atoms with Crippen LogP contribution in [0.3, 0.4) is 0 Å². The van der Waals surface area contributed by atoms with E-state index in [9.17, 15) is 9.59 Å². The molecule has 0 aromatic heterocycles. The summed E-state index contributed by atoms with van der Waals surface area (Å²) in [5.41, 5.74) is 2.43. The fourth-order valence-corrected chi connectivity index (χ4v) is 5.63. The number of hydrogen-bond donors (Lipinski definition) is 1. The first-order chi connectivity index (χ1) is 18.3. The lowest BCUT2D eigenvalue weighted by atomic mass is 9.92. The van der Waals surface area contributed by atoms with E-state index in [2.05, 4.69) is 10.2 Å². The summed E-state index contributed by atoms with van der Waals surface area (Å²) < 4.78 is 22.2. The first-order valence-electron chi connectivity index (χ1n) is 12.8. The van der Waals surface area contributed by atoms with Crippen molar-refractivity contribution >= 4 is 28.8 Å². The van der Waals surface area contributed by atoms with E-state index >= 15 is 0 Å². The van der Waals surface area contributed by atoms with Gasteiger partial charge in [0.2, 0.25) is 5.91 Å². The van der Waals surface area contributed by atoms with Crippen molar-refractivity contribution in [3.05, 3.63) is 46.1 Å². The van der Waals surface area contributed by atoms with Gasteiger partial charge < -0.3 is 29.2 Å². The maximum atomic E-state index is 13.4. The third-order valence-electron chi connectivity index (χ3n) is 6.49. The number of amidine groups is 1. The van der Waals surface area contributed by atoms with E-state index in [0.29, 0.717) is 34.5 Å². The topological polar surface area (TPSA) is 102 Å². The summed E-state index contributed by atoms with van der Waals surface area (Å²) >= 11 is 1.43. The molecule has 1 amide bonds. The van der Waals surface area contributed by atoms with E-state index in [4.69, 9.17) is 23.9 Å². The largest absolute Gasteiger partial charge is 0.497 e. The van der Waals surface area contributed by atoms with Crippen LogP contribution in [-0.2, 0) is 19.1 Å². The van der Waals surface area contributed by atoms with Crippen LogP contribution in [0.1, 0.15) is 38.8 Å². The molecule has 206 valence electrons. The number of esters is 1. The van der Waals surface area contributed by atoms with E-state index in [0.717, 1.165) is 44.1 Å². The minimum Gasteiger partial charge on any atom is -0.497 e. The lowest BCUT2D eigenvalue weighted by molar-refractivity contribution is -0.143. The number of morpholine rings is 1. The Morgan fingerprint density at radius 1 is 1.21 bits per heavy atom. The molecule has 3 aliphatic heterocycles. The number of benzene rings is 1. The van der Waals surface area contributed by atoms with E-state index in [1.54, 1.807) is 27.2 Å². The summed E-state index contributed by atoms with van der Waals surface area (Å²) in [6, 6.07) is 4.86. The van der Waals surface area contributed by atoms with Crippen molar-refractivity contribution in [1.29, 1.82) is 0 Å². The van der Waals surface area contributed by atoms with Crippen LogP contribution in [0.15, 0.2) is 45.6 Å². The average molecular weight is 545 g/mol. The molecule has 3 heterocycles. The predicted molar refractivity (Wildman–Crippen MR) is 146 cm³/mol. The van der Waals surface area contributed by atoms with Crippen LogP contribution in [0.2, 0.25) is 0 Å². The van der Waals surface area contributed by atoms with Gasteiger partial charge in [0.15, 0.2) is 5.17 Å². The van der Waals surface area contributed by atoms with Gasteiger partial charge in [-0.05, 0) is 44.4 Å². The summed E-state index contributed by atoms with van der Waals surface area (Å²) in [6.07, 6.45) is -0.162. The number of hydrogen-bond acceptors (Lipinski definition) is 10. The molecule has 0 spiro atoms. The van der Waals surface area contributed by atoms with Gasteiger partial charge in [0.05, 0.1) is 57.3 Å². The Morgan fingerprint density at radius 3 is 2.66 bits per heavy atom. The summed E-state index contributed by atoms with van der Waals surface area (Å²) in [4.78, 5) is 35.3. The number of carbonyl (C=O) groups excluding carboxylic acids is 2. The molecule has 3 aliphatic rings. The lowest BCUT2D eigenvalue weighted by Crippen LogP contribution is -2.42. The van der Waals surface area contributed by atoms with Crippen LogP contribution < -0.4 is 14.8 Å². The van der Waals surface area contributed by atoms with Crippen molar-refractivity contribution in [2.45, 2.75) is 39.3 Å². The Bertz CT molecular complexity index is 1140. The van der Waals surface area contributed by atoms with Crippen LogP contribution in [0.4, 0.5) is 0 Å².